The Bertz CT molecular complexity index is 607. The molecular weight excluding hydrogens is 290 g/mol. The lowest BCUT2D eigenvalue weighted by Gasteiger charge is -2.22. The Labute approximate surface area is 116 Å². The molecule has 1 heterocycles. The van der Waals surface area contributed by atoms with Crippen LogP contribution in [0.1, 0.15) is 13.3 Å². The van der Waals surface area contributed by atoms with Crippen LogP contribution in [0.3, 0.4) is 0 Å². The molecule has 1 aliphatic heterocycles. The number of nitrogens with zero attached hydrogens (tertiary/aromatic N) is 1. The van der Waals surface area contributed by atoms with Gasteiger partial charge in [-0.05, 0) is 25.5 Å². The summed E-state index contributed by atoms with van der Waals surface area (Å²) in [7, 11) is -4.06. The maximum absolute atomic E-state index is 13.9. The van der Waals surface area contributed by atoms with E-state index >= 15 is 0 Å². The summed E-state index contributed by atoms with van der Waals surface area (Å²) in [4.78, 5) is -0.606. The van der Waals surface area contributed by atoms with Crippen molar-refractivity contribution in [3.8, 4) is 0 Å². The van der Waals surface area contributed by atoms with Crippen LogP contribution in [-0.2, 0) is 14.8 Å². The standard InChI is InChI=1S/C12H16F2N2O3S/c1-8-7-16(5-2-6-19-8)20(17,18)10-4-3-9(13)12(15)11(10)14/h3-4,8H,2,5-7,15H2,1H3. The van der Waals surface area contributed by atoms with Crippen LogP contribution in [0.25, 0.3) is 0 Å². The fraction of sp³-hybridized carbons (Fsp3) is 0.500. The fourth-order valence-corrected chi connectivity index (χ4v) is 3.69. The third kappa shape index (κ3) is 2.77. The van der Waals surface area contributed by atoms with Crippen LogP contribution in [0.2, 0.25) is 0 Å². The van der Waals surface area contributed by atoms with Crippen LogP contribution in [0, 0.1) is 11.6 Å². The van der Waals surface area contributed by atoms with Crippen LogP contribution in [0.5, 0.6) is 0 Å². The lowest BCUT2D eigenvalue weighted by Crippen LogP contribution is -2.36. The second kappa shape index (κ2) is 5.63. The number of halogens is 2. The Hall–Kier alpha value is -1.25. The summed E-state index contributed by atoms with van der Waals surface area (Å²) in [6.07, 6.45) is 0.232. The van der Waals surface area contributed by atoms with Gasteiger partial charge in [0, 0.05) is 19.7 Å². The first-order valence-electron chi connectivity index (χ1n) is 6.19. The number of hydrogen-bond donors (Lipinski definition) is 1. The molecule has 0 amide bonds. The van der Waals surface area contributed by atoms with E-state index in [1.54, 1.807) is 6.92 Å². The van der Waals surface area contributed by atoms with E-state index in [1.807, 2.05) is 0 Å². The molecule has 5 nitrogen and oxygen atoms in total. The van der Waals surface area contributed by atoms with E-state index in [2.05, 4.69) is 0 Å². The quantitative estimate of drug-likeness (QED) is 0.837. The molecular formula is C12H16F2N2O3S. The summed E-state index contributed by atoms with van der Waals surface area (Å²) in [5.41, 5.74) is 4.42. The van der Waals surface area contributed by atoms with Crippen LogP contribution in [0.15, 0.2) is 17.0 Å². The van der Waals surface area contributed by atoms with Gasteiger partial charge in [-0.1, -0.05) is 0 Å². The average Bonchev–Trinajstić information content (AvgIpc) is 2.61. The number of anilines is 1. The maximum atomic E-state index is 13.9. The Morgan fingerprint density at radius 1 is 1.40 bits per heavy atom. The zero-order chi connectivity index (χ0) is 14.9. The predicted molar refractivity (Wildman–Crippen MR) is 69.6 cm³/mol. The first kappa shape index (κ1) is 15.1. The van der Waals surface area contributed by atoms with Crippen molar-refractivity contribution in [3.63, 3.8) is 0 Å². The van der Waals surface area contributed by atoms with Crippen molar-refractivity contribution < 1.29 is 21.9 Å². The fourth-order valence-electron chi connectivity index (χ4n) is 2.06. The molecule has 0 aliphatic carbocycles. The van der Waals surface area contributed by atoms with Crippen molar-refractivity contribution in [3.05, 3.63) is 23.8 Å². The van der Waals surface area contributed by atoms with Gasteiger partial charge in [-0.15, -0.1) is 0 Å². The summed E-state index contributed by atoms with van der Waals surface area (Å²) < 4.78 is 58.4. The van der Waals surface area contributed by atoms with Crippen LogP contribution in [-0.4, -0.2) is 38.5 Å². The third-order valence-corrected chi connectivity index (χ3v) is 5.01. The highest BCUT2D eigenvalue weighted by Crippen LogP contribution is 2.26. The van der Waals surface area contributed by atoms with Crippen molar-refractivity contribution in [2.45, 2.75) is 24.3 Å². The van der Waals surface area contributed by atoms with E-state index in [-0.39, 0.29) is 19.2 Å². The van der Waals surface area contributed by atoms with E-state index in [4.69, 9.17) is 10.5 Å². The topological polar surface area (TPSA) is 72.6 Å². The lowest BCUT2D eigenvalue weighted by molar-refractivity contribution is 0.0752. The van der Waals surface area contributed by atoms with Crippen LogP contribution in [0.4, 0.5) is 14.5 Å². The van der Waals surface area contributed by atoms with Gasteiger partial charge >= 0.3 is 0 Å². The molecule has 0 saturated carbocycles. The van der Waals surface area contributed by atoms with Gasteiger partial charge in [-0.3, -0.25) is 0 Å². The minimum Gasteiger partial charge on any atom is -0.394 e. The molecule has 1 unspecified atom stereocenters. The summed E-state index contributed by atoms with van der Waals surface area (Å²) in [6.45, 7) is 2.53. The van der Waals surface area contributed by atoms with E-state index in [0.717, 1.165) is 16.4 Å². The predicted octanol–water partition coefficient (Wildman–Crippen LogP) is 1.35. The second-order valence-electron chi connectivity index (χ2n) is 4.67. The molecule has 1 aromatic carbocycles. The summed E-state index contributed by atoms with van der Waals surface area (Å²) in [5, 5.41) is 0. The van der Waals surface area contributed by atoms with Crippen molar-refractivity contribution in [1.29, 1.82) is 0 Å². The Morgan fingerprint density at radius 3 is 2.80 bits per heavy atom. The zero-order valence-corrected chi connectivity index (χ0v) is 11.8. The van der Waals surface area contributed by atoms with E-state index in [1.165, 1.54) is 0 Å². The van der Waals surface area contributed by atoms with Crippen molar-refractivity contribution >= 4 is 15.7 Å². The van der Waals surface area contributed by atoms with Gasteiger partial charge in [0.2, 0.25) is 10.0 Å². The van der Waals surface area contributed by atoms with E-state index in [0.29, 0.717) is 13.0 Å². The van der Waals surface area contributed by atoms with Gasteiger partial charge in [0.1, 0.15) is 16.4 Å². The SMILES string of the molecule is CC1CN(S(=O)(=O)c2ccc(F)c(N)c2F)CCCO1. The summed E-state index contributed by atoms with van der Waals surface area (Å²) >= 11 is 0. The molecule has 8 heteroatoms. The number of benzene rings is 1. The molecule has 2 N–H and O–H groups in total. The molecule has 0 bridgehead atoms. The number of sulfonamides is 1. The van der Waals surface area contributed by atoms with Gasteiger partial charge in [0.05, 0.1) is 6.10 Å². The van der Waals surface area contributed by atoms with Crippen molar-refractivity contribution in [2.75, 3.05) is 25.4 Å². The molecule has 1 aliphatic rings. The Balaban J connectivity index is 2.42. The average molecular weight is 306 g/mol. The highest BCUT2D eigenvalue weighted by Gasteiger charge is 2.31. The molecule has 20 heavy (non-hydrogen) atoms. The molecule has 1 saturated heterocycles. The maximum Gasteiger partial charge on any atom is 0.246 e. The smallest absolute Gasteiger partial charge is 0.246 e. The zero-order valence-electron chi connectivity index (χ0n) is 11.0. The molecule has 112 valence electrons. The Morgan fingerprint density at radius 2 is 2.10 bits per heavy atom. The van der Waals surface area contributed by atoms with Crippen molar-refractivity contribution in [2.24, 2.45) is 0 Å². The van der Waals surface area contributed by atoms with Gasteiger partial charge in [-0.2, -0.15) is 4.31 Å². The van der Waals surface area contributed by atoms with Gasteiger partial charge in [0.25, 0.3) is 0 Å². The minimum atomic E-state index is -4.06. The van der Waals surface area contributed by atoms with E-state index < -0.39 is 32.2 Å². The minimum absolute atomic E-state index is 0.124. The second-order valence-corrected chi connectivity index (χ2v) is 6.58. The number of nitrogens with two attached hydrogens (primary N) is 1. The molecule has 2 rings (SSSR count). The normalized spacial score (nSPS) is 21.6. The van der Waals surface area contributed by atoms with Crippen LogP contribution >= 0.6 is 0 Å². The summed E-state index contributed by atoms with van der Waals surface area (Å²) in [5.74, 6) is -2.23. The highest BCUT2D eigenvalue weighted by molar-refractivity contribution is 7.89. The van der Waals surface area contributed by atoms with Gasteiger partial charge in [-0.25, -0.2) is 17.2 Å². The van der Waals surface area contributed by atoms with Crippen LogP contribution < -0.4 is 5.73 Å². The molecule has 0 radical (unpaired) electrons. The molecule has 1 aromatic rings. The number of hydrogen-bond acceptors (Lipinski definition) is 4. The van der Waals surface area contributed by atoms with Gasteiger partial charge in [0.15, 0.2) is 5.82 Å². The van der Waals surface area contributed by atoms with Crippen molar-refractivity contribution in [1.82, 2.24) is 4.31 Å². The number of rotatable bonds is 2. The number of nitrogen functional groups attached to an aromatic ring is 1. The number of ether oxygens (including phenoxy) is 1. The van der Waals surface area contributed by atoms with Gasteiger partial charge < -0.3 is 10.5 Å². The molecule has 0 spiro atoms. The highest BCUT2D eigenvalue weighted by atomic mass is 32.2. The molecule has 1 fully saturated rings. The molecule has 0 aromatic heterocycles. The lowest BCUT2D eigenvalue weighted by atomic mass is 10.3. The first-order chi connectivity index (χ1) is 9.34. The Kier molecular flexibility index (Phi) is 4.26. The molecule has 1 atom stereocenters. The summed E-state index contributed by atoms with van der Waals surface area (Å²) in [6, 6.07) is 1.75. The first-order valence-corrected chi connectivity index (χ1v) is 7.63. The largest absolute Gasteiger partial charge is 0.394 e. The monoisotopic (exact) mass is 306 g/mol. The van der Waals surface area contributed by atoms with E-state index in [9.17, 15) is 17.2 Å². The third-order valence-electron chi connectivity index (χ3n) is 3.12.